The molecular weight excluding hydrogens is 466 g/mol. The first-order valence-electron chi connectivity index (χ1n) is 11.1. The maximum Gasteiger partial charge on any atom is 0.359 e. The molecule has 8 nitrogen and oxygen atoms in total. The molecule has 1 N–H and O–H groups in total. The van der Waals surface area contributed by atoms with Crippen molar-refractivity contribution in [1.29, 1.82) is 0 Å². The third-order valence-electron chi connectivity index (χ3n) is 5.48. The number of aromatic nitrogens is 2. The Bertz CT molecular complexity index is 1450. The minimum atomic E-state index is -0.645. The van der Waals surface area contributed by atoms with Crippen molar-refractivity contribution in [1.82, 2.24) is 9.78 Å². The van der Waals surface area contributed by atoms with Crippen LogP contribution in [0.1, 0.15) is 53.1 Å². The lowest BCUT2D eigenvalue weighted by Gasteiger charge is -2.11. The molecule has 0 saturated heterocycles. The number of ether oxygens (including phenoxy) is 2. The highest BCUT2D eigenvalue weighted by atomic mass is 32.1. The SMILES string of the molecule is CCOC(=O)c1nn(-c2ccc(C(C)C)cc2)c(=O)c2c(NC(=O)c3cccc(OC)c3)scc12. The van der Waals surface area contributed by atoms with Crippen LogP contribution in [0.4, 0.5) is 5.00 Å². The molecule has 0 aliphatic heterocycles. The number of amides is 1. The van der Waals surface area contributed by atoms with Crippen LogP contribution in [0.5, 0.6) is 5.75 Å². The largest absolute Gasteiger partial charge is 0.497 e. The van der Waals surface area contributed by atoms with E-state index in [1.165, 1.54) is 11.8 Å². The molecule has 35 heavy (non-hydrogen) atoms. The Morgan fingerprint density at radius 1 is 1.14 bits per heavy atom. The third kappa shape index (κ3) is 4.81. The number of fused-ring (bicyclic) bond motifs is 1. The van der Waals surface area contributed by atoms with E-state index >= 15 is 0 Å². The van der Waals surface area contributed by atoms with Gasteiger partial charge < -0.3 is 14.8 Å². The summed E-state index contributed by atoms with van der Waals surface area (Å²) in [5.41, 5.74) is 1.54. The molecule has 0 saturated carbocycles. The normalized spacial score (nSPS) is 11.0. The van der Waals surface area contributed by atoms with Crippen molar-refractivity contribution in [2.45, 2.75) is 26.7 Å². The van der Waals surface area contributed by atoms with Crippen LogP contribution < -0.4 is 15.6 Å². The Kier molecular flexibility index (Phi) is 6.97. The molecule has 0 aliphatic rings. The Balaban J connectivity index is 1.85. The van der Waals surface area contributed by atoms with E-state index in [1.54, 1.807) is 48.7 Å². The number of benzene rings is 2. The number of thiophene rings is 1. The number of anilines is 1. The Hall–Kier alpha value is -3.98. The molecular formula is C26H25N3O5S. The molecule has 2 aromatic heterocycles. The molecule has 0 radical (unpaired) electrons. The lowest BCUT2D eigenvalue weighted by molar-refractivity contribution is 0.0520. The molecule has 4 rings (SSSR count). The van der Waals surface area contributed by atoms with Crippen molar-refractivity contribution < 1.29 is 19.1 Å². The van der Waals surface area contributed by atoms with Crippen LogP contribution in [-0.4, -0.2) is 35.4 Å². The Morgan fingerprint density at radius 3 is 2.54 bits per heavy atom. The summed E-state index contributed by atoms with van der Waals surface area (Å²) in [4.78, 5) is 39.2. The van der Waals surface area contributed by atoms with Crippen LogP contribution in [0.3, 0.4) is 0 Å². The number of hydrogen-bond acceptors (Lipinski definition) is 7. The molecule has 2 heterocycles. The number of esters is 1. The van der Waals surface area contributed by atoms with Crippen molar-refractivity contribution in [3.05, 3.63) is 81.1 Å². The Morgan fingerprint density at radius 2 is 1.89 bits per heavy atom. The summed E-state index contributed by atoms with van der Waals surface area (Å²) in [6, 6.07) is 14.1. The smallest absolute Gasteiger partial charge is 0.359 e. The minimum Gasteiger partial charge on any atom is -0.497 e. The maximum absolute atomic E-state index is 13.6. The van der Waals surface area contributed by atoms with E-state index in [4.69, 9.17) is 9.47 Å². The van der Waals surface area contributed by atoms with Gasteiger partial charge in [-0.05, 0) is 48.7 Å². The topological polar surface area (TPSA) is 99.5 Å². The van der Waals surface area contributed by atoms with Crippen molar-refractivity contribution >= 4 is 39.0 Å². The number of rotatable bonds is 7. The van der Waals surface area contributed by atoms with Crippen LogP contribution in [0.2, 0.25) is 0 Å². The molecule has 4 aromatic rings. The van der Waals surface area contributed by atoms with Crippen molar-refractivity contribution in [2.75, 3.05) is 19.0 Å². The van der Waals surface area contributed by atoms with E-state index in [0.717, 1.165) is 16.9 Å². The van der Waals surface area contributed by atoms with Crippen LogP contribution in [0.25, 0.3) is 16.5 Å². The molecule has 180 valence electrons. The fraction of sp³-hybridized carbons (Fsp3) is 0.231. The summed E-state index contributed by atoms with van der Waals surface area (Å²) in [6.45, 7) is 6.01. The summed E-state index contributed by atoms with van der Waals surface area (Å²) in [6.07, 6.45) is 0. The summed E-state index contributed by atoms with van der Waals surface area (Å²) < 4.78 is 11.6. The van der Waals surface area contributed by atoms with Crippen molar-refractivity contribution in [2.24, 2.45) is 0 Å². The minimum absolute atomic E-state index is 0.00696. The number of methoxy groups -OCH3 is 1. The number of nitrogens with one attached hydrogen (secondary N) is 1. The predicted octanol–water partition coefficient (Wildman–Crippen LogP) is 5.01. The fourth-order valence-electron chi connectivity index (χ4n) is 3.61. The number of hydrogen-bond donors (Lipinski definition) is 1. The average molecular weight is 492 g/mol. The molecule has 1 amide bonds. The van der Waals surface area contributed by atoms with Gasteiger partial charge in [0.25, 0.3) is 11.5 Å². The van der Waals surface area contributed by atoms with E-state index in [1.807, 2.05) is 12.1 Å². The summed E-state index contributed by atoms with van der Waals surface area (Å²) in [5.74, 6) is -0.195. The molecule has 0 bridgehead atoms. The van der Waals surface area contributed by atoms with E-state index < -0.39 is 17.4 Å². The standard InChI is InChI=1S/C26H25N3O5S/c1-5-34-26(32)22-20-14-35-24(27-23(30)17-7-6-8-19(13-17)33-4)21(20)25(31)29(28-22)18-11-9-16(10-12-18)15(2)3/h6-15H,5H2,1-4H3,(H,27,30). The lowest BCUT2D eigenvalue weighted by Crippen LogP contribution is -2.25. The first-order valence-corrected chi connectivity index (χ1v) is 12.0. The van der Waals surface area contributed by atoms with Gasteiger partial charge in [0.2, 0.25) is 0 Å². The molecule has 0 unspecified atom stereocenters. The molecule has 2 aromatic carbocycles. The average Bonchev–Trinajstić information content (AvgIpc) is 3.28. The molecule has 0 spiro atoms. The third-order valence-corrected chi connectivity index (χ3v) is 6.38. The molecule has 0 atom stereocenters. The van der Waals surface area contributed by atoms with E-state index in [9.17, 15) is 14.4 Å². The van der Waals surface area contributed by atoms with Gasteiger partial charge in [-0.3, -0.25) is 9.59 Å². The second-order valence-corrected chi connectivity index (χ2v) is 8.95. The van der Waals surface area contributed by atoms with Gasteiger partial charge in [0, 0.05) is 16.3 Å². The lowest BCUT2D eigenvalue weighted by atomic mass is 10.0. The second-order valence-electron chi connectivity index (χ2n) is 8.07. The maximum atomic E-state index is 13.6. The molecule has 0 aliphatic carbocycles. The molecule has 0 fully saturated rings. The zero-order valence-corrected chi connectivity index (χ0v) is 20.6. The second kappa shape index (κ2) is 10.1. The van der Waals surface area contributed by atoms with E-state index in [0.29, 0.717) is 33.3 Å². The van der Waals surface area contributed by atoms with Crippen LogP contribution in [0.15, 0.2) is 58.7 Å². The highest BCUT2D eigenvalue weighted by Gasteiger charge is 2.23. The van der Waals surface area contributed by atoms with Crippen LogP contribution >= 0.6 is 11.3 Å². The van der Waals surface area contributed by atoms with Crippen LogP contribution in [0, 0.1) is 0 Å². The van der Waals surface area contributed by atoms with Crippen LogP contribution in [-0.2, 0) is 4.74 Å². The van der Waals surface area contributed by atoms with Gasteiger partial charge in [0.05, 0.1) is 24.8 Å². The van der Waals surface area contributed by atoms with Crippen molar-refractivity contribution in [3.8, 4) is 11.4 Å². The predicted molar refractivity (Wildman–Crippen MR) is 136 cm³/mol. The number of carbonyl (C=O) groups is 2. The zero-order chi connectivity index (χ0) is 25.1. The number of carbonyl (C=O) groups excluding carboxylic acids is 2. The first-order chi connectivity index (χ1) is 16.8. The van der Waals surface area contributed by atoms with Gasteiger partial charge >= 0.3 is 5.97 Å². The zero-order valence-electron chi connectivity index (χ0n) is 19.8. The summed E-state index contributed by atoms with van der Waals surface area (Å²) in [7, 11) is 1.52. The van der Waals surface area contributed by atoms with Crippen molar-refractivity contribution in [3.63, 3.8) is 0 Å². The van der Waals surface area contributed by atoms with Gasteiger partial charge in [-0.25, -0.2) is 4.79 Å². The van der Waals surface area contributed by atoms with Gasteiger partial charge in [0.1, 0.15) is 10.8 Å². The summed E-state index contributed by atoms with van der Waals surface area (Å²) >= 11 is 1.15. The highest BCUT2D eigenvalue weighted by molar-refractivity contribution is 7.16. The van der Waals surface area contributed by atoms with Gasteiger partial charge in [-0.2, -0.15) is 9.78 Å². The quantitative estimate of drug-likeness (QED) is 0.365. The highest BCUT2D eigenvalue weighted by Crippen LogP contribution is 2.31. The van der Waals surface area contributed by atoms with E-state index in [2.05, 4.69) is 24.3 Å². The van der Waals surface area contributed by atoms with Gasteiger partial charge in [-0.1, -0.05) is 32.0 Å². The number of nitrogens with zero attached hydrogens (tertiary/aromatic N) is 2. The van der Waals surface area contributed by atoms with Gasteiger partial charge in [0.15, 0.2) is 5.69 Å². The fourth-order valence-corrected chi connectivity index (χ4v) is 4.54. The summed E-state index contributed by atoms with van der Waals surface area (Å²) in [5, 5.41) is 9.62. The van der Waals surface area contributed by atoms with E-state index in [-0.39, 0.29) is 17.7 Å². The first kappa shape index (κ1) is 24.2. The molecule has 9 heteroatoms. The monoisotopic (exact) mass is 491 g/mol. The Labute approximate surface area is 206 Å². The van der Waals surface area contributed by atoms with Gasteiger partial charge in [-0.15, -0.1) is 11.3 Å².